The van der Waals surface area contributed by atoms with Gasteiger partial charge in [-0.05, 0) is 12.8 Å². The molecule has 4 N–H and O–H groups in total. The van der Waals surface area contributed by atoms with Crippen LogP contribution < -0.4 is 11.5 Å². The van der Waals surface area contributed by atoms with Crippen LogP contribution in [0, 0.1) is 0 Å². The molecule has 1 aliphatic carbocycles. The molecule has 0 spiro atoms. The van der Waals surface area contributed by atoms with Gasteiger partial charge in [0.2, 0.25) is 5.91 Å². The number of primary amides is 1. The largest absolute Gasteiger partial charge is 0.370 e. The second-order valence-corrected chi connectivity index (χ2v) is 3.01. The first-order valence-corrected chi connectivity index (χ1v) is 4.14. The Morgan fingerprint density at radius 2 is 1.73 bits per heavy atom. The highest BCUT2D eigenvalue weighted by Gasteiger charge is 2.06. The molecule has 0 aromatic carbocycles. The number of nitrogens with two attached hydrogens (primary N) is 2. The van der Waals surface area contributed by atoms with E-state index in [2.05, 4.69) is 5.73 Å². The number of hydrogen-bond acceptors (Lipinski definition) is 2. The Balaban J connectivity index is -0.000000150. The number of carbonyl (C=O) groups excluding carboxylic acids is 1. The molecule has 3 heteroatoms. The van der Waals surface area contributed by atoms with E-state index in [1.165, 1.54) is 39.0 Å². The fourth-order valence-electron chi connectivity index (χ4n) is 1.13. The van der Waals surface area contributed by atoms with Gasteiger partial charge in [0.25, 0.3) is 0 Å². The zero-order chi connectivity index (χ0) is 8.69. The van der Waals surface area contributed by atoms with Crippen LogP contribution in [0.15, 0.2) is 0 Å². The predicted molar refractivity (Wildman–Crippen MR) is 50.2 cm³/mol. The zero-order valence-electron chi connectivity index (χ0n) is 7.18. The molecular weight excluding hydrogens is 140 g/mol. The van der Waals surface area contributed by atoms with Gasteiger partial charge in [-0.25, -0.2) is 0 Å². The van der Waals surface area contributed by atoms with E-state index in [1.807, 2.05) is 0 Å². The van der Waals surface area contributed by atoms with Crippen molar-refractivity contribution in [2.75, 3.05) is 0 Å². The van der Waals surface area contributed by atoms with Crippen LogP contribution in [0.25, 0.3) is 0 Å². The molecule has 0 aromatic heterocycles. The number of amides is 1. The molecule has 0 radical (unpaired) electrons. The van der Waals surface area contributed by atoms with Gasteiger partial charge >= 0.3 is 0 Å². The molecule has 1 fully saturated rings. The molecule has 0 unspecified atom stereocenters. The fourth-order valence-corrected chi connectivity index (χ4v) is 1.13. The van der Waals surface area contributed by atoms with Crippen LogP contribution in [0.1, 0.15) is 41.9 Å². The Hall–Kier alpha value is -0.570. The summed E-state index contributed by atoms with van der Waals surface area (Å²) in [5, 5.41) is 0. The topological polar surface area (TPSA) is 69.1 Å². The summed E-state index contributed by atoms with van der Waals surface area (Å²) >= 11 is 0. The van der Waals surface area contributed by atoms with Gasteiger partial charge in [-0.2, -0.15) is 0 Å². The summed E-state index contributed by atoms with van der Waals surface area (Å²) in [5.74, 6) is -0.333. The average Bonchev–Trinajstić information content (AvgIpc) is 1.87. The Kier molecular flexibility index (Phi) is 5.84. The minimum absolute atomic E-state index is 0. The molecule has 70 valence electrons. The van der Waals surface area contributed by atoms with Crippen LogP contribution in [0.4, 0.5) is 0 Å². The summed E-state index contributed by atoms with van der Waals surface area (Å²) in [6, 6.07) is 0.536. The van der Waals surface area contributed by atoms with E-state index in [4.69, 9.17) is 5.73 Å². The van der Waals surface area contributed by atoms with Gasteiger partial charge in [0.15, 0.2) is 0 Å². The highest BCUT2D eigenvalue weighted by molar-refractivity contribution is 5.70. The normalized spacial score (nSPS) is 18.4. The Morgan fingerprint density at radius 3 is 1.91 bits per heavy atom. The lowest BCUT2D eigenvalue weighted by Crippen LogP contribution is -2.22. The lowest BCUT2D eigenvalue weighted by atomic mass is 9.97. The summed E-state index contributed by atoms with van der Waals surface area (Å²) in [6.07, 6.45) is 6.66. The molecule has 0 bridgehead atoms. The molecule has 3 nitrogen and oxygen atoms in total. The van der Waals surface area contributed by atoms with Gasteiger partial charge in [0.05, 0.1) is 0 Å². The second kappa shape index (κ2) is 6.16. The van der Waals surface area contributed by atoms with E-state index in [0.717, 1.165) is 0 Å². The van der Waals surface area contributed by atoms with E-state index in [-0.39, 0.29) is 8.76 Å². The quantitative estimate of drug-likeness (QED) is 0.563. The van der Waals surface area contributed by atoms with Gasteiger partial charge in [-0.15, -0.1) is 0 Å². The summed E-state index contributed by atoms with van der Waals surface area (Å²) in [5.41, 5.74) is 10.1. The third-order valence-corrected chi connectivity index (χ3v) is 1.65. The van der Waals surface area contributed by atoms with E-state index in [0.29, 0.717) is 6.04 Å². The Bertz CT molecular complexity index is 113. The number of rotatable bonds is 0. The highest BCUT2D eigenvalue weighted by atomic mass is 16.1. The van der Waals surface area contributed by atoms with Gasteiger partial charge in [0.1, 0.15) is 0 Å². The van der Waals surface area contributed by atoms with E-state index in [9.17, 15) is 4.79 Å². The monoisotopic (exact) mass is 162 g/mol. The summed E-state index contributed by atoms with van der Waals surface area (Å²) in [6.45, 7) is 1.31. The second-order valence-electron chi connectivity index (χ2n) is 3.01. The summed E-state index contributed by atoms with van der Waals surface area (Å²) in [4.78, 5) is 9.22. The lowest BCUT2D eigenvalue weighted by molar-refractivity contribution is -0.115. The van der Waals surface area contributed by atoms with E-state index < -0.39 is 0 Å². The first kappa shape index (κ1) is 10.4. The predicted octanol–water partition coefficient (Wildman–Crippen LogP) is 1.26. The molecule has 1 aliphatic rings. The van der Waals surface area contributed by atoms with Crippen molar-refractivity contribution in [1.82, 2.24) is 0 Å². The Labute approximate surface area is 71.1 Å². The van der Waals surface area contributed by atoms with Crippen molar-refractivity contribution >= 4 is 5.91 Å². The molecule has 0 saturated heterocycles. The smallest absolute Gasteiger partial charge is 0.214 e. The molecule has 0 heterocycles. The first-order valence-electron chi connectivity index (χ1n) is 4.14. The highest BCUT2D eigenvalue weighted by Crippen LogP contribution is 2.14. The van der Waals surface area contributed by atoms with E-state index >= 15 is 0 Å². The van der Waals surface area contributed by atoms with E-state index in [1.54, 1.807) is 0 Å². The standard InChI is InChI=1S/C6H13N.C2H5NO.2H2/c7-6-4-2-1-3-5-6;1-2(3)4;;/h6H,1-5,7H2;1H3,(H2,3,4);2*1H. The van der Waals surface area contributed by atoms with Crippen molar-refractivity contribution in [2.45, 2.75) is 45.1 Å². The minimum Gasteiger partial charge on any atom is -0.370 e. The van der Waals surface area contributed by atoms with Gasteiger partial charge < -0.3 is 11.5 Å². The number of hydrogen-bond donors (Lipinski definition) is 2. The van der Waals surface area contributed by atoms with Gasteiger partial charge in [0, 0.05) is 15.8 Å². The molecule has 1 rings (SSSR count). The molecule has 0 atom stereocenters. The molecule has 0 aromatic rings. The SMILES string of the molecule is CC(N)=O.NC1CCCCC1.[HH].[HH]. The van der Waals surface area contributed by atoms with Crippen molar-refractivity contribution in [3.8, 4) is 0 Å². The molecule has 1 amide bonds. The Morgan fingerprint density at radius 1 is 1.36 bits per heavy atom. The molecule has 0 aliphatic heterocycles. The summed E-state index contributed by atoms with van der Waals surface area (Å²) in [7, 11) is 0. The third-order valence-electron chi connectivity index (χ3n) is 1.65. The van der Waals surface area contributed by atoms with Crippen molar-refractivity contribution in [3.05, 3.63) is 0 Å². The molecular formula is C8H22N2O. The van der Waals surface area contributed by atoms with Crippen molar-refractivity contribution in [3.63, 3.8) is 0 Å². The van der Waals surface area contributed by atoms with Crippen LogP contribution in [-0.2, 0) is 4.79 Å². The maximum Gasteiger partial charge on any atom is 0.214 e. The third kappa shape index (κ3) is 9.43. The van der Waals surface area contributed by atoms with Crippen LogP contribution in [0.2, 0.25) is 0 Å². The molecule has 1 saturated carbocycles. The lowest BCUT2D eigenvalue weighted by Gasteiger charge is -2.15. The van der Waals surface area contributed by atoms with Crippen LogP contribution in [0.5, 0.6) is 0 Å². The van der Waals surface area contributed by atoms with Gasteiger partial charge in [-0.3, -0.25) is 4.79 Å². The van der Waals surface area contributed by atoms with Crippen molar-refractivity contribution in [1.29, 1.82) is 0 Å². The molecule has 11 heavy (non-hydrogen) atoms. The van der Waals surface area contributed by atoms with Crippen LogP contribution in [0.3, 0.4) is 0 Å². The maximum absolute atomic E-state index is 9.22. The van der Waals surface area contributed by atoms with Crippen LogP contribution >= 0.6 is 0 Å². The zero-order valence-corrected chi connectivity index (χ0v) is 7.18. The van der Waals surface area contributed by atoms with Crippen molar-refractivity contribution in [2.24, 2.45) is 11.5 Å². The summed E-state index contributed by atoms with van der Waals surface area (Å²) < 4.78 is 0. The van der Waals surface area contributed by atoms with Gasteiger partial charge in [-0.1, -0.05) is 19.3 Å². The van der Waals surface area contributed by atoms with Crippen molar-refractivity contribution < 1.29 is 7.65 Å². The average molecular weight is 162 g/mol. The fraction of sp³-hybridized carbons (Fsp3) is 0.875. The minimum atomic E-state index is -0.333. The number of carbonyl (C=O) groups is 1. The first-order chi connectivity index (χ1) is 5.13. The maximum atomic E-state index is 9.22. The van der Waals surface area contributed by atoms with Crippen LogP contribution in [-0.4, -0.2) is 11.9 Å².